The highest BCUT2D eigenvalue weighted by Gasteiger charge is 2.03. The molecule has 0 saturated carbocycles. The van der Waals surface area contributed by atoms with Gasteiger partial charge >= 0.3 is 0 Å². The third-order valence-corrected chi connectivity index (χ3v) is 4.53. The molecule has 0 saturated heterocycles. The van der Waals surface area contributed by atoms with Gasteiger partial charge in [-0.15, -0.1) is 0 Å². The molecule has 5 heteroatoms. The van der Waals surface area contributed by atoms with E-state index in [2.05, 4.69) is 11.9 Å². The van der Waals surface area contributed by atoms with E-state index in [1.54, 1.807) is 18.2 Å². The highest BCUT2D eigenvalue weighted by Crippen LogP contribution is 2.22. The van der Waals surface area contributed by atoms with E-state index in [0.717, 1.165) is 6.42 Å². The molecule has 0 aliphatic heterocycles. The lowest BCUT2D eigenvalue weighted by atomic mass is 10.1. The van der Waals surface area contributed by atoms with Crippen LogP contribution in [0.15, 0.2) is 23.2 Å². The number of ether oxygens (including phenoxy) is 1. The third kappa shape index (κ3) is 11.7. The van der Waals surface area contributed by atoms with Crippen molar-refractivity contribution in [3.63, 3.8) is 0 Å². The molecule has 5 nitrogen and oxygen atoms in total. The predicted octanol–water partition coefficient (Wildman–Crippen LogP) is 4.46. The van der Waals surface area contributed by atoms with Gasteiger partial charge < -0.3 is 20.1 Å². The Labute approximate surface area is 164 Å². The van der Waals surface area contributed by atoms with Crippen molar-refractivity contribution in [2.45, 2.75) is 77.2 Å². The van der Waals surface area contributed by atoms with Gasteiger partial charge in [0, 0.05) is 17.8 Å². The first-order valence-corrected chi connectivity index (χ1v) is 10.4. The Balaban J connectivity index is 2.12. The van der Waals surface area contributed by atoms with Gasteiger partial charge in [0.15, 0.2) is 0 Å². The molecule has 1 aromatic rings. The van der Waals surface area contributed by atoms with E-state index in [9.17, 15) is 10.2 Å². The lowest BCUT2D eigenvalue weighted by molar-refractivity contribution is 0.102. The zero-order chi connectivity index (χ0) is 19.7. The van der Waals surface area contributed by atoms with E-state index in [4.69, 9.17) is 9.84 Å². The summed E-state index contributed by atoms with van der Waals surface area (Å²) in [6, 6.07) is 5.12. The largest absolute Gasteiger partial charge is 0.507 e. The number of nitrogens with zero attached hydrogens (tertiary/aromatic N) is 1. The molecule has 27 heavy (non-hydrogen) atoms. The number of unbranched alkanes of at least 4 members (excludes halogenated alkanes) is 9. The van der Waals surface area contributed by atoms with E-state index in [1.165, 1.54) is 64.0 Å². The summed E-state index contributed by atoms with van der Waals surface area (Å²) in [4.78, 5) is 4.00. The van der Waals surface area contributed by atoms with Gasteiger partial charge in [-0.3, -0.25) is 4.99 Å². The van der Waals surface area contributed by atoms with Crippen molar-refractivity contribution >= 4 is 6.21 Å². The molecule has 0 spiro atoms. The highest BCUT2D eigenvalue weighted by molar-refractivity contribution is 5.83. The SMILES string of the molecule is CCCCCCCCCCCCOc1ccc(C=NCC(O)CO)c(O)c1. The number of aliphatic hydroxyl groups is 2. The lowest BCUT2D eigenvalue weighted by Gasteiger charge is -2.08. The fraction of sp³-hybridized carbons (Fsp3) is 0.682. The molecular weight excluding hydrogens is 342 g/mol. The van der Waals surface area contributed by atoms with Crippen LogP contribution in [0.2, 0.25) is 0 Å². The number of hydrogen-bond acceptors (Lipinski definition) is 5. The van der Waals surface area contributed by atoms with Crippen LogP contribution in [0, 0.1) is 0 Å². The number of phenolic OH excluding ortho intramolecular Hbond substituents is 1. The summed E-state index contributed by atoms with van der Waals surface area (Å²) in [5.41, 5.74) is 0.562. The molecule has 1 atom stereocenters. The fourth-order valence-corrected chi connectivity index (χ4v) is 2.83. The second-order valence-corrected chi connectivity index (χ2v) is 7.08. The number of phenols is 1. The maximum atomic E-state index is 10.0. The first-order chi connectivity index (χ1) is 13.2. The Morgan fingerprint density at radius 3 is 2.22 bits per heavy atom. The number of benzene rings is 1. The topological polar surface area (TPSA) is 82.3 Å². The first kappa shape index (κ1) is 23.4. The van der Waals surface area contributed by atoms with Gasteiger partial charge in [-0.2, -0.15) is 0 Å². The van der Waals surface area contributed by atoms with Gasteiger partial charge in [0.05, 0.1) is 25.9 Å². The van der Waals surface area contributed by atoms with Gasteiger partial charge in [0.1, 0.15) is 11.5 Å². The van der Waals surface area contributed by atoms with Crippen LogP contribution in [0.3, 0.4) is 0 Å². The van der Waals surface area contributed by atoms with Crippen molar-refractivity contribution in [1.29, 1.82) is 0 Å². The number of rotatable bonds is 16. The average Bonchev–Trinajstić information content (AvgIpc) is 2.67. The van der Waals surface area contributed by atoms with Crippen LogP contribution in [-0.4, -0.2) is 47.4 Å². The van der Waals surface area contributed by atoms with Crippen molar-refractivity contribution in [1.82, 2.24) is 0 Å². The maximum Gasteiger partial charge on any atom is 0.128 e. The summed E-state index contributed by atoms with van der Waals surface area (Å²) in [6.45, 7) is 2.69. The smallest absolute Gasteiger partial charge is 0.128 e. The van der Waals surface area contributed by atoms with E-state index >= 15 is 0 Å². The summed E-state index contributed by atoms with van der Waals surface area (Å²) in [5.74, 6) is 0.744. The second kappa shape index (κ2) is 15.5. The molecule has 0 bridgehead atoms. The van der Waals surface area contributed by atoms with Crippen LogP contribution < -0.4 is 4.74 Å². The van der Waals surface area contributed by atoms with E-state index in [-0.39, 0.29) is 18.9 Å². The maximum absolute atomic E-state index is 10.0. The van der Waals surface area contributed by atoms with Crippen molar-refractivity contribution in [2.75, 3.05) is 19.8 Å². The molecule has 0 fully saturated rings. The summed E-state index contributed by atoms with van der Waals surface area (Å²) in [7, 11) is 0. The average molecular weight is 380 g/mol. The normalized spacial score (nSPS) is 12.6. The van der Waals surface area contributed by atoms with Crippen LogP contribution in [0.5, 0.6) is 11.5 Å². The third-order valence-electron chi connectivity index (χ3n) is 4.53. The molecule has 1 aromatic carbocycles. The van der Waals surface area contributed by atoms with Gasteiger partial charge in [-0.25, -0.2) is 0 Å². The molecule has 0 aliphatic rings. The number of aliphatic hydroxyl groups excluding tert-OH is 2. The molecule has 154 valence electrons. The lowest BCUT2D eigenvalue weighted by Crippen LogP contribution is -2.15. The highest BCUT2D eigenvalue weighted by atomic mass is 16.5. The van der Waals surface area contributed by atoms with E-state index in [1.807, 2.05) is 0 Å². The second-order valence-electron chi connectivity index (χ2n) is 7.08. The molecule has 0 aliphatic carbocycles. The Morgan fingerprint density at radius 1 is 1.00 bits per heavy atom. The minimum atomic E-state index is -0.868. The number of aliphatic imine (C=N–C) groups is 1. The summed E-state index contributed by atoms with van der Waals surface area (Å²) < 4.78 is 5.70. The van der Waals surface area contributed by atoms with Gasteiger partial charge in [0.2, 0.25) is 0 Å². The number of hydrogen-bond donors (Lipinski definition) is 3. The Kier molecular flexibility index (Phi) is 13.4. The summed E-state index contributed by atoms with van der Waals surface area (Å²) >= 11 is 0. The van der Waals surface area contributed by atoms with Crippen LogP contribution in [0.1, 0.15) is 76.7 Å². The predicted molar refractivity (Wildman–Crippen MR) is 111 cm³/mol. The summed E-state index contributed by atoms with van der Waals surface area (Å²) in [5, 5.41) is 28.0. The number of aromatic hydroxyl groups is 1. The fourth-order valence-electron chi connectivity index (χ4n) is 2.83. The van der Waals surface area contributed by atoms with Crippen molar-refractivity contribution in [3.8, 4) is 11.5 Å². The molecule has 0 amide bonds. The van der Waals surface area contributed by atoms with Gasteiger partial charge in [-0.1, -0.05) is 64.7 Å². The molecule has 0 heterocycles. The van der Waals surface area contributed by atoms with Crippen molar-refractivity contribution < 1.29 is 20.1 Å². The Hall–Kier alpha value is -1.59. The quantitative estimate of drug-likeness (QED) is 0.292. The Bertz CT molecular complexity index is 519. The van der Waals surface area contributed by atoms with Crippen molar-refractivity contribution in [2.24, 2.45) is 4.99 Å². The molecular formula is C22H37NO4. The molecule has 0 radical (unpaired) electrons. The van der Waals surface area contributed by atoms with Crippen LogP contribution in [0.4, 0.5) is 0 Å². The molecule has 1 unspecified atom stereocenters. The molecule has 1 rings (SSSR count). The van der Waals surface area contributed by atoms with E-state index < -0.39 is 6.10 Å². The Morgan fingerprint density at radius 2 is 1.63 bits per heavy atom. The summed E-state index contributed by atoms with van der Waals surface area (Å²) in [6.07, 6.45) is 13.5. The monoisotopic (exact) mass is 379 g/mol. The molecule has 0 aromatic heterocycles. The van der Waals surface area contributed by atoms with E-state index in [0.29, 0.717) is 17.9 Å². The zero-order valence-corrected chi connectivity index (χ0v) is 16.8. The first-order valence-electron chi connectivity index (χ1n) is 10.4. The van der Waals surface area contributed by atoms with Gasteiger partial charge in [-0.05, 0) is 18.6 Å². The van der Waals surface area contributed by atoms with Crippen molar-refractivity contribution in [3.05, 3.63) is 23.8 Å². The minimum Gasteiger partial charge on any atom is -0.507 e. The van der Waals surface area contributed by atoms with Crippen LogP contribution in [-0.2, 0) is 0 Å². The molecule has 3 N–H and O–H groups in total. The van der Waals surface area contributed by atoms with Gasteiger partial charge in [0.25, 0.3) is 0 Å². The standard InChI is InChI=1S/C22H37NO4/c1-2-3-4-5-6-7-8-9-10-11-14-27-21-13-12-19(22(26)15-21)16-23-17-20(25)18-24/h12-13,15-16,20,24-26H,2-11,14,17-18H2,1H3. The zero-order valence-electron chi connectivity index (χ0n) is 16.8. The van der Waals surface area contributed by atoms with Crippen LogP contribution in [0.25, 0.3) is 0 Å². The minimum absolute atomic E-state index is 0.0952. The van der Waals surface area contributed by atoms with Crippen LogP contribution >= 0.6 is 0 Å².